The van der Waals surface area contributed by atoms with Gasteiger partial charge in [0, 0.05) is 22.0 Å². The van der Waals surface area contributed by atoms with E-state index in [0.717, 1.165) is 26.4 Å². The van der Waals surface area contributed by atoms with E-state index >= 15 is 0 Å². The lowest BCUT2D eigenvalue weighted by Gasteiger charge is -2.15. The Morgan fingerprint density at radius 3 is 2.65 bits per heavy atom. The van der Waals surface area contributed by atoms with Crippen LogP contribution in [0.25, 0.3) is 11.3 Å². The normalized spacial score (nSPS) is 10.7. The number of furan rings is 1. The van der Waals surface area contributed by atoms with Gasteiger partial charge in [-0.25, -0.2) is 0 Å². The monoisotopic (exact) mass is 389 g/mol. The molecule has 0 unspecified atom stereocenters. The van der Waals surface area contributed by atoms with Crippen LogP contribution in [-0.2, 0) is 17.8 Å². The van der Waals surface area contributed by atoms with Crippen molar-refractivity contribution in [1.29, 1.82) is 0 Å². The van der Waals surface area contributed by atoms with Gasteiger partial charge in [0.1, 0.15) is 11.5 Å². The second-order valence-electron chi connectivity index (χ2n) is 5.28. The van der Waals surface area contributed by atoms with Crippen molar-refractivity contribution in [3.63, 3.8) is 0 Å². The minimum Gasteiger partial charge on any atom is -0.459 e. The third kappa shape index (κ3) is 4.12. The Balaban J connectivity index is 1.64. The minimum atomic E-state index is 0.0917. The number of amides is 1. The van der Waals surface area contributed by atoms with E-state index < -0.39 is 0 Å². The highest BCUT2D eigenvalue weighted by Crippen LogP contribution is 2.24. The van der Waals surface area contributed by atoms with Gasteiger partial charge in [-0.3, -0.25) is 4.79 Å². The van der Waals surface area contributed by atoms with Gasteiger partial charge in [-0.1, -0.05) is 34.1 Å². The molecule has 0 aliphatic rings. The van der Waals surface area contributed by atoms with E-state index in [0.29, 0.717) is 13.0 Å². The lowest BCUT2D eigenvalue weighted by molar-refractivity contribution is -0.129. The average molecular weight is 390 g/mol. The molecule has 0 N–H and O–H groups in total. The summed E-state index contributed by atoms with van der Waals surface area (Å²) in [6.45, 7) is 0.473. The van der Waals surface area contributed by atoms with Gasteiger partial charge in [-0.2, -0.15) is 0 Å². The zero-order valence-corrected chi connectivity index (χ0v) is 15.1. The molecular weight excluding hydrogens is 374 g/mol. The molecule has 0 fully saturated rings. The molecule has 0 spiro atoms. The van der Waals surface area contributed by atoms with Crippen LogP contribution in [0.4, 0.5) is 0 Å². The molecule has 3 nitrogen and oxygen atoms in total. The number of thiophene rings is 1. The predicted octanol–water partition coefficient (Wildman–Crippen LogP) is 4.97. The summed E-state index contributed by atoms with van der Waals surface area (Å²) in [5, 5.41) is 1.99. The number of carbonyl (C=O) groups is 1. The Morgan fingerprint density at radius 2 is 1.96 bits per heavy atom. The van der Waals surface area contributed by atoms with E-state index in [2.05, 4.69) is 15.9 Å². The highest BCUT2D eigenvalue weighted by atomic mass is 79.9. The first-order valence-corrected chi connectivity index (χ1v) is 8.90. The summed E-state index contributed by atoms with van der Waals surface area (Å²) >= 11 is 5.02. The number of rotatable bonds is 5. The molecule has 3 aromatic rings. The van der Waals surface area contributed by atoms with Crippen LogP contribution < -0.4 is 0 Å². The van der Waals surface area contributed by atoms with Crippen LogP contribution in [0.3, 0.4) is 0 Å². The lowest BCUT2D eigenvalue weighted by Crippen LogP contribution is -2.27. The van der Waals surface area contributed by atoms with Crippen molar-refractivity contribution < 1.29 is 9.21 Å². The number of benzene rings is 1. The SMILES string of the molecule is CN(Cc1ccc(-c2ccc(Br)cc2)o1)C(=O)Cc1cccs1. The van der Waals surface area contributed by atoms with Crippen molar-refractivity contribution in [1.82, 2.24) is 4.90 Å². The van der Waals surface area contributed by atoms with Crippen LogP contribution in [0.15, 0.2) is 62.8 Å². The molecule has 0 aliphatic carbocycles. The molecule has 0 saturated carbocycles. The molecule has 0 atom stereocenters. The summed E-state index contributed by atoms with van der Waals surface area (Å²) < 4.78 is 6.89. The fourth-order valence-corrected chi connectivity index (χ4v) is 3.21. The summed E-state index contributed by atoms with van der Waals surface area (Å²) in [6.07, 6.45) is 0.439. The maximum atomic E-state index is 12.2. The maximum absolute atomic E-state index is 12.2. The van der Waals surface area contributed by atoms with E-state index in [4.69, 9.17) is 4.42 Å². The summed E-state index contributed by atoms with van der Waals surface area (Å²) in [5.74, 6) is 1.69. The van der Waals surface area contributed by atoms with Crippen LogP contribution in [0.2, 0.25) is 0 Å². The van der Waals surface area contributed by atoms with Gasteiger partial charge in [-0.15, -0.1) is 11.3 Å². The Kier molecular flexibility index (Phi) is 4.98. The summed E-state index contributed by atoms with van der Waals surface area (Å²) in [7, 11) is 1.80. The van der Waals surface area contributed by atoms with Gasteiger partial charge in [0.15, 0.2) is 0 Å². The van der Waals surface area contributed by atoms with Gasteiger partial charge in [0.05, 0.1) is 13.0 Å². The van der Waals surface area contributed by atoms with Crippen LogP contribution in [-0.4, -0.2) is 17.9 Å². The Morgan fingerprint density at radius 1 is 1.17 bits per heavy atom. The third-order valence-electron chi connectivity index (χ3n) is 3.51. The first kappa shape index (κ1) is 16.0. The topological polar surface area (TPSA) is 33.5 Å². The van der Waals surface area contributed by atoms with Crippen molar-refractivity contribution in [3.8, 4) is 11.3 Å². The molecule has 118 valence electrons. The van der Waals surface area contributed by atoms with Crippen molar-refractivity contribution in [2.75, 3.05) is 7.05 Å². The molecule has 2 heterocycles. The quantitative estimate of drug-likeness (QED) is 0.616. The second-order valence-corrected chi connectivity index (χ2v) is 7.23. The molecule has 2 aromatic heterocycles. The summed E-state index contributed by atoms with van der Waals surface area (Å²) in [4.78, 5) is 15.0. The van der Waals surface area contributed by atoms with Crippen molar-refractivity contribution in [2.24, 2.45) is 0 Å². The second kappa shape index (κ2) is 7.15. The van der Waals surface area contributed by atoms with Gasteiger partial charge >= 0.3 is 0 Å². The number of halogens is 1. The van der Waals surface area contributed by atoms with E-state index in [1.165, 1.54) is 0 Å². The van der Waals surface area contributed by atoms with Crippen molar-refractivity contribution in [2.45, 2.75) is 13.0 Å². The zero-order chi connectivity index (χ0) is 16.2. The first-order chi connectivity index (χ1) is 11.1. The van der Waals surface area contributed by atoms with E-state index in [1.807, 2.05) is 53.9 Å². The molecule has 0 bridgehead atoms. The maximum Gasteiger partial charge on any atom is 0.227 e. The van der Waals surface area contributed by atoms with Gasteiger partial charge in [-0.05, 0) is 35.7 Å². The smallest absolute Gasteiger partial charge is 0.227 e. The number of carbonyl (C=O) groups excluding carboxylic acids is 1. The fraction of sp³-hybridized carbons (Fsp3) is 0.167. The Labute approximate surface area is 147 Å². The highest BCUT2D eigenvalue weighted by molar-refractivity contribution is 9.10. The molecule has 0 radical (unpaired) electrons. The van der Waals surface area contributed by atoms with Crippen LogP contribution in [0.1, 0.15) is 10.6 Å². The standard InChI is InChI=1S/C18H16BrNO2S/c1-20(18(21)11-16-3-2-10-23-16)12-15-8-9-17(22-15)13-4-6-14(19)7-5-13/h2-10H,11-12H2,1H3. The van der Waals surface area contributed by atoms with E-state index in [-0.39, 0.29) is 5.91 Å². The molecule has 1 aromatic carbocycles. The van der Waals surface area contributed by atoms with Crippen molar-refractivity contribution >= 4 is 33.2 Å². The van der Waals surface area contributed by atoms with E-state index in [1.54, 1.807) is 23.3 Å². The van der Waals surface area contributed by atoms with Gasteiger partial charge in [0.25, 0.3) is 0 Å². The third-order valence-corrected chi connectivity index (χ3v) is 4.92. The van der Waals surface area contributed by atoms with Crippen molar-refractivity contribution in [3.05, 3.63) is 69.0 Å². The minimum absolute atomic E-state index is 0.0917. The molecule has 5 heteroatoms. The lowest BCUT2D eigenvalue weighted by atomic mass is 10.2. The number of hydrogen-bond donors (Lipinski definition) is 0. The fourth-order valence-electron chi connectivity index (χ4n) is 2.25. The largest absolute Gasteiger partial charge is 0.459 e. The first-order valence-electron chi connectivity index (χ1n) is 7.23. The molecule has 23 heavy (non-hydrogen) atoms. The van der Waals surface area contributed by atoms with Crippen LogP contribution in [0.5, 0.6) is 0 Å². The molecule has 3 rings (SSSR count). The zero-order valence-electron chi connectivity index (χ0n) is 12.7. The molecule has 1 amide bonds. The Hall–Kier alpha value is -1.85. The summed E-state index contributed by atoms with van der Waals surface area (Å²) in [6, 6.07) is 15.8. The highest BCUT2D eigenvalue weighted by Gasteiger charge is 2.13. The van der Waals surface area contributed by atoms with E-state index in [9.17, 15) is 4.79 Å². The predicted molar refractivity (Wildman–Crippen MR) is 96.3 cm³/mol. The molecule has 0 saturated heterocycles. The van der Waals surface area contributed by atoms with Gasteiger partial charge < -0.3 is 9.32 Å². The number of likely N-dealkylation sites (N-methyl/N-ethyl adjacent to an activating group) is 1. The summed E-state index contributed by atoms with van der Waals surface area (Å²) in [5.41, 5.74) is 1.02. The number of nitrogens with zero attached hydrogens (tertiary/aromatic N) is 1. The average Bonchev–Trinajstić information content (AvgIpc) is 3.20. The number of hydrogen-bond acceptors (Lipinski definition) is 3. The van der Waals surface area contributed by atoms with Crippen LogP contribution >= 0.6 is 27.3 Å². The molecular formula is C18H16BrNO2S. The molecule has 0 aliphatic heterocycles. The van der Waals surface area contributed by atoms with Gasteiger partial charge in [0.2, 0.25) is 5.91 Å². The Bertz CT molecular complexity index is 778. The van der Waals surface area contributed by atoms with Crippen LogP contribution in [0, 0.1) is 0 Å².